The van der Waals surface area contributed by atoms with E-state index in [1.807, 2.05) is 52.0 Å². The molecule has 3 amide bonds. The number of anilines is 1. The molecule has 1 aromatic carbocycles. The normalized spacial score (nSPS) is 15.8. The number of primary amides is 2. The lowest BCUT2D eigenvalue weighted by molar-refractivity contribution is -0.158. The Labute approximate surface area is 222 Å². The Morgan fingerprint density at radius 3 is 2.46 bits per heavy atom. The summed E-state index contributed by atoms with van der Waals surface area (Å²) in [5.41, 5.74) is 12.4. The van der Waals surface area contributed by atoms with Crippen molar-refractivity contribution in [3.05, 3.63) is 41.5 Å². The van der Waals surface area contributed by atoms with Crippen LogP contribution < -0.4 is 22.1 Å². The Bertz CT molecular complexity index is 1100. The second kappa shape index (κ2) is 12.5. The third-order valence-electron chi connectivity index (χ3n) is 6.07. The van der Waals surface area contributed by atoms with Gasteiger partial charge in [-0.1, -0.05) is 24.3 Å². The van der Waals surface area contributed by atoms with Crippen LogP contribution in [-0.4, -0.2) is 48.3 Å². The van der Waals surface area contributed by atoms with E-state index in [1.165, 1.54) is 11.3 Å². The van der Waals surface area contributed by atoms with Crippen molar-refractivity contribution in [1.82, 2.24) is 5.32 Å². The van der Waals surface area contributed by atoms with Gasteiger partial charge in [0, 0.05) is 11.4 Å². The minimum atomic E-state index is -0.763. The molecular weight excluding hydrogens is 492 g/mol. The maximum absolute atomic E-state index is 13.0. The number of hydrogen-bond acceptors (Lipinski definition) is 7. The second-order valence-corrected chi connectivity index (χ2v) is 11.4. The molecule has 1 fully saturated rings. The predicted octanol–water partition coefficient (Wildman–Crippen LogP) is 4.19. The average molecular weight is 531 g/mol. The van der Waals surface area contributed by atoms with Crippen molar-refractivity contribution in [2.45, 2.75) is 83.6 Å². The average Bonchev–Trinajstić information content (AvgIpc) is 3.45. The minimum absolute atomic E-state index is 0.0136. The van der Waals surface area contributed by atoms with Crippen LogP contribution in [0, 0.1) is 0 Å². The number of benzene rings is 1. The number of thiophene rings is 1. The fourth-order valence-corrected chi connectivity index (χ4v) is 5.55. The fraction of sp³-hybridized carbons (Fsp3) is 0.519. The van der Waals surface area contributed by atoms with Crippen LogP contribution in [-0.2, 0) is 20.7 Å². The van der Waals surface area contributed by atoms with E-state index in [2.05, 4.69) is 10.6 Å². The van der Waals surface area contributed by atoms with E-state index in [4.69, 9.17) is 20.9 Å². The van der Waals surface area contributed by atoms with Crippen LogP contribution in [0.5, 0.6) is 0 Å². The molecule has 202 valence electrons. The molecule has 0 spiro atoms. The van der Waals surface area contributed by atoms with Gasteiger partial charge in [-0.3, -0.25) is 14.9 Å². The summed E-state index contributed by atoms with van der Waals surface area (Å²) >= 11 is 1.23. The Morgan fingerprint density at radius 1 is 1.14 bits per heavy atom. The molecule has 3 rings (SSSR count). The number of carbonyl (C=O) groups excluding carboxylic acids is 3. The molecule has 10 heteroatoms. The van der Waals surface area contributed by atoms with E-state index in [-0.39, 0.29) is 23.7 Å². The number of ether oxygens (including phenoxy) is 2. The highest BCUT2D eigenvalue weighted by molar-refractivity contribution is 7.20. The van der Waals surface area contributed by atoms with Gasteiger partial charge < -0.3 is 26.3 Å². The largest absolute Gasteiger partial charge is 0.461 e. The molecule has 6 N–H and O–H groups in total. The number of nitrogens with one attached hydrogen (secondary N) is 2. The summed E-state index contributed by atoms with van der Waals surface area (Å²) in [6, 6.07) is 8.15. The Balaban J connectivity index is 1.69. The first-order valence-electron chi connectivity index (χ1n) is 12.6. The quantitative estimate of drug-likeness (QED) is 0.320. The lowest BCUT2D eigenvalue weighted by Gasteiger charge is -2.31. The zero-order chi connectivity index (χ0) is 27.2. The number of hydrogen-bond donors (Lipinski definition) is 4. The SMILES string of the molecule is CC(OC(C)(C)C)[C@H](NCCc1cccc(-c2cc(C(N)=O)c(NC(N)=O)s2)c1)C(=O)OC1CCCC1. The number of nitrogens with two attached hydrogens (primary N) is 2. The van der Waals surface area contributed by atoms with Crippen LogP contribution in [0.4, 0.5) is 9.80 Å². The van der Waals surface area contributed by atoms with E-state index < -0.39 is 23.6 Å². The lowest BCUT2D eigenvalue weighted by atomic mass is 10.1. The highest BCUT2D eigenvalue weighted by Crippen LogP contribution is 2.35. The van der Waals surface area contributed by atoms with Gasteiger partial charge in [0.15, 0.2) is 0 Å². The maximum Gasteiger partial charge on any atom is 0.326 e. The second-order valence-electron chi connectivity index (χ2n) is 10.4. The van der Waals surface area contributed by atoms with Crippen molar-refractivity contribution in [1.29, 1.82) is 0 Å². The summed E-state index contributed by atoms with van der Waals surface area (Å²) in [6.07, 6.45) is 4.28. The van der Waals surface area contributed by atoms with E-state index in [9.17, 15) is 14.4 Å². The maximum atomic E-state index is 13.0. The summed E-state index contributed by atoms with van der Waals surface area (Å²) in [4.78, 5) is 36.9. The third-order valence-corrected chi connectivity index (χ3v) is 7.17. The van der Waals surface area contributed by atoms with Crippen LogP contribution in [0.1, 0.15) is 69.3 Å². The van der Waals surface area contributed by atoms with Crippen molar-refractivity contribution in [2.75, 3.05) is 11.9 Å². The summed E-state index contributed by atoms with van der Waals surface area (Å²) in [5, 5.41) is 6.13. The van der Waals surface area contributed by atoms with E-state index in [0.717, 1.165) is 41.7 Å². The number of rotatable bonds is 11. The molecule has 0 saturated heterocycles. The molecule has 9 nitrogen and oxygen atoms in total. The fourth-order valence-electron chi connectivity index (χ4n) is 4.48. The van der Waals surface area contributed by atoms with Gasteiger partial charge in [-0.05, 0) is 77.0 Å². The van der Waals surface area contributed by atoms with Crippen molar-refractivity contribution in [3.63, 3.8) is 0 Å². The van der Waals surface area contributed by atoms with Gasteiger partial charge in [0.2, 0.25) is 0 Å². The molecule has 1 aliphatic carbocycles. The van der Waals surface area contributed by atoms with E-state index >= 15 is 0 Å². The van der Waals surface area contributed by atoms with Crippen molar-refractivity contribution < 1.29 is 23.9 Å². The summed E-state index contributed by atoms with van der Waals surface area (Å²) in [6.45, 7) is 8.33. The predicted molar refractivity (Wildman–Crippen MR) is 146 cm³/mol. The minimum Gasteiger partial charge on any atom is -0.461 e. The molecule has 1 saturated carbocycles. The molecule has 37 heavy (non-hydrogen) atoms. The van der Waals surface area contributed by atoms with Crippen LogP contribution in [0.25, 0.3) is 10.4 Å². The standard InChI is InChI=1S/C27H38N4O5S/c1-16(36-27(2,3)4)22(25(33)35-19-10-5-6-11-19)30-13-12-17-8-7-9-18(14-17)21-15-20(23(28)32)24(37-21)31-26(29)34/h7-9,14-16,19,22,30H,5-6,10-13H2,1-4H3,(H2,28,32)(H3,29,31,34)/t16?,22-/m0/s1. The van der Waals surface area contributed by atoms with E-state index in [0.29, 0.717) is 18.0 Å². The number of carbonyl (C=O) groups is 3. The number of amides is 3. The number of esters is 1. The van der Waals surface area contributed by atoms with E-state index in [1.54, 1.807) is 6.07 Å². The van der Waals surface area contributed by atoms with Crippen molar-refractivity contribution in [2.24, 2.45) is 11.5 Å². The van der Waals surface area contributed by atoms with Gasteiger partial charge in [-0.25, -0.2) is 4.79 Å². The van der Waals surface area contributed by atoms with Crippen molar-refractivity contribution in [3.8, 4) is 10.4 Å². The monoisotopic (exact) mass is 530 g/mol. The molecule has 2 atom stereocenters. The Morgan fingerprint density at radius 2 is 1.84 bits per heavy atom. The Hall–Kier alpha value is -2.95. The van der Waals surface area contributed by atoms with Gasteiger partial charge in [-0.2, -0.15) is 0 Å². The molecule has 1 heterocycles. The van der Waals surface area contributed by atoms with Gasteiger partial charge in [0.05, 0.1) is 17.3 Å². The zero-order valence-corrected chi connectivity index (χ0v) is 22.8. The summed E-state index contributed by atoms with van der Waals surface area (Å²) in [7, 11) is 0. The topological polar surface area (TPSA) is 146 Å². The molecule has 0 aliphatic heterocycles. The molecule has 1 aliphatic rings. The van der Waals surface area contributed by atoms with Crippen LogP contribution in [0.2, 0.25) is 0 Å². The highest BCUT2D eigenvalue weighted by Gasteiger charge is 2.32. The number of urea groups is 1. The first-order valence-corrected chi connectivity index (χ1v) is 13.5. The molecule has 1 aromatic heterocycles. The molecule has 1 unspecified atom stereocenters. The molecular formula is C27H38N4O5S. The summed E-state index contributed by atoms with van der Waals surface area (Å²) in [5.74, 6) is -0.918. The Kier molecular flexibility index (Phi) is 9.69. The zero-order valence-electron chi connectivity index (χ0n) is 22.0. The first kappa shape index (κ1) is 28.6. The highest BCUT2D eigenvalue weighted by atomic mass is 32.1. The van der Waals surface area contributed by atoms with Crippen LogP contribution in [0.15, 0.2) is 30.3 Å². The summed E-state index contributed by atoms with van der Waals surface area (Å²) < 4.78 is 11.9. The van der Waals surface area contributed by atoms with Crippen LogP contribution in [0.3, 0.4) is 0 Å². The van der Waals surface area contributed by atoms with Crippen molar-refractivity contribution >= 4 is 34.2 Å². The van der Waals surface area contributed by atoms with Gasteiger partial charge in [-0.15, -0.1) is 11.3 Å². The third kappa shape index (κ3) is 8.55. The molecule has 0 bridgehead atoms. The van der Waals surface area contributed by atoms with Gasteiger partial charge in [0.1, 0.15) is 17.1 Å². The van der Waals surface area contributed by atoms with Gasteiger partial charge in [0.25, 0.3) is 5.91 Å². The smallest absolute Gasteiger partial charge is 0.326 e. The lowest BCUT2D eigenvalue weighted by Crippen LogP contribution is -2.50. The first-order chi connectivity index (χ1) is 17.4. The van der Waals surface area contributed by atoms with Gasteiger partial charge >= 0.3 is 12.0 Å². The molecule has 0 radical (unpaired) electrons. The van der Waals surface area contributed by atoms with Crippen LogP contribution >= 0.6 is 11.3 Å². The molecule has 2 aromatic rings.